The van der Waals surface area contributed by atoms with Gasteiger partial charge in [0.05, 0.1) is 19.2 Å². The van der Waals surface area contributed by atoms with Crippen molar-refractivity contribution in [3.8, 4) is 0 Å². The summed E-state index contributed by atoms with van der Waals surface area (Å²) in [6.07, 6.45) is 4.47. The Morgan fingerprint density at radius 2 is 2.30 bits per heavy atom. The number of morpholine rings is 1. The molecule has 1 N–H and O–H groups in total. The van der Waals surface area contributed by atoms with E-state index in [9.17, 15) is 0 Å². The molecule has 10 heavy (non-hydrogen) atoms. The Labute approximate surface area is 62.2 Å². The Balaban J connectivity index is 2.03. The highest BCUT2D eigenvalue weighted by atomic mass is 16.5. The van der Waals surface area contributed by atoms with Crippen LogP contribution in [0.4, 0.5) is 0 Å². The average Bonchev–Trinajstić information content (AvgIpc) is 2.36. The molecular formula is C8H15NO. The molecule has 0 amide bonds. The molecule has 0 radical (unpaired) electrons. The van der Waals surface area contributed by atoms with Crippen LogP contribution in [-0.4, -0.2) is 25.3 Å². The molecule has 0 bridgehead atoms. The van der Waals surface area contributed by atoms with E-state index in [0.717, 1.165) is 13.2 Å². The van der Waals surface area contributed by atoms with E-state index in [4.69, 9.17) is 4.74 Å². The molecule has 1 saturated heterocycles. The van der Waals surface area contributed by atoms with E-state index >= 15 is 0 Å². The summed E-state index contributed by atoms with van der Waals surface area (Å²) in [5.74, 6) is 0. The summed E-state index contributed by atoms with van der Waals surface area (Å²) in [5.41, 5.74) is 0. The highest BCUT2D eigenvalue weighted by Crippen LogP contribution is 2.21. The number of rotatable bonds is 0. The van der Waals surface area contributed by atoms with Gasteiger partial charge in [-0.15, -0.1) is 0 Å². The maximum atomic E-state index is 5.61. The molecule has 58 valence electrons. The number of hydrogen-bond acceptors (Lipinski definition) is 1. The topological polar surface area (TPSA) is 13.7 Å². The van der Waals surface area contributed by atoms with Crippen molar-refractivity contribution >= 4 is 0 Å². The molecule has 2 aliphatic rings. The minimum atomic E-state index is 0.543. The summed E-state index contributed by atoms with van der Waals surface area (Å²) in [4.78, 5) is 1.44. The summed E-state index contributed by atoms with van der Waals surface area (Å²) in [6, 6.07) is 0.716. The van der Waals surface area contributed by atoms with Crippen LogP contribution in [0.5, 0.6) is 0 Å². The lowest BCUT2D eigenvalue weighted by Gasteiger charge is -2.36. The minimum Gasteiger partial charge on any atom is -0.461 e. The van der Waals surface area contributed by atoms with Crippen molar-refractivity contribution in [3.05, 3.63) is 7.05 Å². The van der Waals surface area contributed by atoms with Gasteiger partial charge in [-0.3, -0.25) is 0 Å². The highest BCUT2D eigenvalue weighted by Gasteiger charge is 2.34. The summed E-state index contributed by atoms with van der Waals surface area (Å²) in [7, 11) is 4.08. The maximum Gasteiger partial charge on any atom is 0.107 e. The van der Waals surface area contributed by atoms with Crippen LogP contribution < -0.4 is 4.90 Å². The zero-order chi connectivity index (χ0) is 6.97. The molecule has 0 spiro atoms. The molecule has 0 aromatic heterocycles. The van der Waals surface area contributed by atoms with Crippen molar-refractivity contribution < 1.29 is 9.64 Å². The Kier molecular flexibility index (Phi) is 1.66. The van der Waals surface area contributed by atoms with E-state index < -0.39 is 0 Å². The van der Waals surface area contributed by atoms with Crippen LogP contribution in [-0.2, 0) is 4.74 Å². The molecule has 2 rings (SSSR count). The number of nitrogens with one attached hydrogen (secondary N) is 1. The molecule has 0 aromatic carbocycles. The SMILES string of the molecule is [CH2-][NH+]1CCOC2CCCC21. The van der Waals surface area contributed by atoms with Gasteiger partial charge in [0.25, 0.3) is 0 Å². The second-order valence-electron chi connectivity index (χ2n) is 3.35. The van der Waals surface area contributed by atoms with Crippen LogP contribution in [0.3, 0.4) is 0 Å². The fourth-order valence-corrected chi connectivity index (χ4v) is 2.12. The Bertz CT molecular complexity index is 126. The molecule has 1 aliphatic carbocycles. The predicted octanol–water partition coefficient (Wildman–Crippen LogP) is -0.386. The van der Waals surface area contributed by atoms with E-state index in [2.05, 4.69) is 7.05 Å². The first kappa shape index (κ1) is 6.62. The lowest BCUT2D eigenvalue weighted by atomic mass is 10.1. The van der Waals surface area contributed by atoms with E-state index in [1.807, 2.05) is 0 Å². The molecule has 2 heteroatoms. The van der Waals surface area contributed by atoms with Gasteiger partial charge in [-0.1, -0.05) is 0 Å². The molecule has 2 nitrogen and oxygen atoms in total. The van der Waals surface area contributed by atoms with E-state index in [1.54, 1.807) is 0 Å². The molecule has 3 unspecified atom stereocenters. The Morgan fingerprint density at radius 1 is 1.40 bits per heavy atom. The summed E-state index contributed by atoms with van der Waals surface area (Å²) < 4.78 is 5.61. The third-order valence-corrected chi connectivity index (χ3v) is 2.73. The average molecular weight is 141 g/mol. The van der Waals surface area contributed by atoms with E-state index in [1.165, 1.54) is 24.2 Å². The largest absolute Gasteiger partial charge is 0.461 e. The first-order chi connectivity index (χ1) is 4.88. The third kappa shape index (κ3) is 0.956. The first-order valence-electron chi connectivity index (χ1n) is 4.17. The van der Waals surface area contributed by atoms with Gasteiger partial charge in [-0.2, -0.15) is 7.05 Å². The van der Waals surface area contributed by atoms with Gasteiger partial charge >= 0.3 is 0 Å². The van der Waals surface area contributed by atoms with Crippen molar-refractivity contribution in [2.24, 2.45) is 0 Å². The second-order valence-corrected chi connectivity index (χ2v) is 3.35. The van der Waals surface area contributed by atoms with Crippen LogP contribution in [0.25, 0.3) is 0 Å². The quantitative estimate of drug-likeness (QED) is 0.454. The molecule has 0 aromatic rings. The van der Waals surface area contributed by atoms with Crippen molar-refractivity contribution in [2.45, 2.75) is 31.4 Å². The predicted molar refractivity (Wildman–Crippen MR) is 38.6 cm³/mol. The van der Waals surface area contributed by atoms with Gasteiger partial charge in [0.1, 0.15) is 6.10 Å². The molecule has 1 heterocycles. The summed E-state index contributed by atoms with van der Waals surface area (Å²) in [6.45, 7) is 2.02. The molecule has 3 atom stereocenters. The zero-order valence-corrected chi connectivity index (χ0v) is 6.31. The van der Waals surface area contributed by atoms with Crippen LogP contribution in [0.15, 0.2) is 0 Å². The number of ether oxygens (including phenoxy) is 1. The normalized spacial score (nSPS) is 47.1. The van der Waals surface area contributed by atoms with Crippen LogP contribution in [0, 0.1) is 7.05 Å². The minimum absolute atomic E-state index is 0.543. The van der Waals surface area contributed by atoms with Gasteiger partial charge in [0.2, 0.25) is 0 Å². The van der Waals surface area contributed by atoms with Crippen LogP contribution >= 0.6 is 0 Å². The lowest BCUT2D eigenvalue weighted by molar-refractivity contribution is -0.893. The van der Waals surface area contributed by atoms with Crippen molar-refractivity contribution in [1.29, 1.82) is 0 Å². The first-order valence-corrected chi connectivity index (χ1v) is 4.17. The lowest BCUT2D eigenvalue weighted by Crippen LogP contribution is -3.13. The standard InChI is InChI=1S/C8H15NO/c1-9-5-6-10-8-4-2-3-7(8)9/h7-9H,1-6H2. The number of fused-ring (bicyclic) bond motifs is 1. The third-order valence-electron chi connectivity index (χ3n) is 2.73. The summed E-state index contributed by atoms with van der Waals surface area (Å²) in [5, 5.41) is 0. The maximum absolute atomic E-state index is 5.61. The van der Waals surface area contributed by atoms with Gasteiger partial charge in [-0.25, -0.2) is 0 Å². The fraction of sp³-hybridized carbons (Fsp3) is 0.875. The van der Waals surface area contributed by atoms with Crippen molar-refractivity contribution in [3.63, 3.8) is 0 Å². The van der Waals surface area contributed by atoms with Gasteiger partial charge in [0.15, 0.2) is 0 Å². The van der Waals surface area contributed by atoms with Gasteiger partial charge in [-0.05, 0) is 19.3 Å². The van der Waals surface area contributed by atoms with E-state index in [-0.39, 0.29) is 0 Å². The fourth-order valence-electron chi connectivity index (χ4n) is 2.12. The van der Waals surface area contributed by atoms with Crippen molar-refractivity contribution in [2.75, 3.05) is 13.2 Å². The van der Waals surface area contributed by atoms with Crippen LogP contribution in [0.1, 0.15) is 19.3 Å². The second kappa shape index (κ2) is 2.51. The van der Waals surface area contributed by atoms with Crippen molar-refractivity contribution in [1.82, 2.24) is 0 Å². The Morgan fingerprint density at radius 3 is 3.10 bits per heavy atom. The highest BCUT2D eigenvalue weighted by molar-refractivity contribution is 4.79. The summed E-state index contributed by atoms with van der Waals surface area (Å²) >= 11 is 0. The molecule has 1 saturated carbocycles. The van der Waals surface area contributed by atoms with E-state index in [0.29, 0.717) is 12.1 Å². The smallest absolute Gasteiger partial charge is 0.107 e. The molecule has 1 aliphatic heterocycles. The number of quaternary nitrogens is 1. The molecular weight excluding hydrogens is 126 g/mol. The van der Waals surface area contributed by atoms with Gasteiger partial charge in [0, 0.05) is 0 Å². The van der Waals surface area contributed by atoms with Gasteiger partial charge < -0.3 is 9.64 Å². The number of hydrogen-bond donors (Lipinski definition) is 1. The monoisotopic (exact) mass is 141 g/mol. The molecule has 2 fully saturated rings. The Hall–Kier alpha value is -0.0800. The van der Waals surface area contributed by atoms with Crippen LogP contribution in [0.2, 0.25) is 0 Å². The zero-order valence-electron chi connectivity index (χ0n) is 6.31.